The Bertz CT molecular complexity index is 634. The molecule has 0 aliphatic heterocycles. The fourth-order valence-electron chi connectivity index (χ4n) is 1.34. The molecule has 1 aromatic carbocycles. The minimum atomic E-state index is -0.384. The maximum absolute atomic E-state index is 13.1. The van der Waals surface area contributed by atoms with Gasteiger partial charge >= 0.3 is 0 Å². The third-order valence-electron chi connectivity index (χ3n) is 2.25. The summed E-state index contributed by atoms with van der Waals surface area (Å²) in [5, 5.41) is 11.5. The van der Waals surface area contributed by atoms with E-state index in [-0.39, 0.29) is 22.0 Å². The lowest BCUT2D eigenvalue weighted by Crippen LogP contribution is -2.13. The fourth-order valence-corrected chi connectivity index (χ4v) is 1.70. The van der Waals surface area contributed by atoms with Crippen molar-refractivity contribution in [2.45, 2.75) is 0 Å². The van der Waals surface area contributed by atoms with Crippen LogP contribution in [-0.4, -0.2) is 16.0 Å². The van der Waals surface area contributed by atoms with E-state index in [4.69, 9.17) is 15.7 Å². The first kappa shape index (κ1) is 13.3. The number of pyridine rings is 1. The van der Waals surface area contributed by atoms with Gasteiger partial charge in [0.1, 0.15) is 11.6 Å². The molecular weight excluding hydrogens is 317 g/mol. The van der Waals surface area contributed by atoms with E-state index in [1.165, 1.54) is 30.5 Å². The average Bonchev–Trinajstić information content (AvgIpc) is 2.42. The lowest BCUT2D eigenvalue weighted by Gasteiger charge is -2.06. The molecule has 5 nitrogen and oxygen atoms in total. The van der Waals surface area contributed by atoms with Crippen molar-refractivity contribution in [1.82, 2.24) is 4.98 Å². The molecule has 0 spiro atoms. The second-order valence-electron chi connectivity index (χ2n) is 3.55. The van der Waals surface area contributed by atoms with Gasteiger partial charge in [0, 0.05) is 17.8 Å². The summed E-state index contributed by atoms with van der Waals surface area (Å²) >= 11 is 3.06. The Hall–Kier alpha value is -2.15. The van der Waals surface area contributed by atoms with Gasteiger partial charge in [0.05, 0.1) is 4.47 Å². The van der Waals surface area contributed by atoms with Gasteiger partial charge in [-0.05, 0) is 40.2 Å². The third kappa shape index (κ3) is 3.19. The minimum Gasteiger partial charge on any atom is -0.439 e. The number of aromatic nitrogens is 1. The van der Waals surface area contributed by atoms with Crippen LogP contribution in [0.2, 0.25) is 0 Å². The van der Waals surface area contributed by atoms with E-state index in [2.05, 4.69) is 26.1 Å². The van der Waals surface area contributed by atoms with Crippen molar-refractivity contribution in [3.05, 3.63) is 52.4 Å². The normalized spacial score (nSPS) is 11.4. The van der Waals surface area contributed by atoms with Gasteiger partial charge in [0.15, 0.2) is 5.84 Å². The molecule has 0 saturated heterocycles. The third-order valence-corrected chi connectivity index (χ3v) is 2.86. The van der Waals surface area contributed by atoms with Crippen LogP contribution in [0.3, 0.4) is 0 Å². The molecule has 7 heteroatoms. The van der Waals surface area contributed by atoms with Crippen LogP contribution in [0.5, 0.6) is 11.6 Å². The van der Waals surface area contributed by atoms with Crippen LogP contribution in [0.1, 0.15) is 5.56 Å². The first-order chi connectivity index (χ1) is 9.10. The van der Waals surface area contributed by atoms with Crippen LogP contribution in [0.15, 0.2) is 46.2 Å². The molecule has 19 heavy (non-hydrogen) atoms. The summed E-state index contributed by atoms with van der Waals surface area (Å²) in [5.74, 6) is 0.235. The molecule has 0 aliphatic rings. The lowest BCUT2D eigenvalue weighted by atomic mass is 10.2. The molecule has 0 amide bonds. The smallest absolute Gasteiger partial charge is 0.219 e. The summed E-state index contributed by atoms with van der Waals surface area (Å²) in [4.78, 5) is 3.98. The highest BCUT2D eigenvalue weighted by molar-refractivity contribution is 9.10. The summed E-state index contributed by atoms with van der Waals surface area (Å²) in [5.41, 5.74) is 5.93. The number of ether oxygens (including phenoxy) is 1. The largest absolute Gasteiger partial charge is 0.439 e. The van der Waals surface area contributed by atoms with Gasteiger partial charge in [0.2, 0.25) is 5.88 Å². The number of hydrogen-bond donors (Lipinski definition) is 2. The highest BCUT2D eigenvalue weighted by Gasteiger charge is 2.06. The minimum absolute atomic E-state index is 0.0486. The molecule has 0 radical (unpaired) electrons. The number of halogens is 2. The zero-order valence-corrected chi connectivity index (χ0v) is 11.1. The first-order valence-corrected chi connectivity index (χ1v) is 5.96. The Balaban J connectivity index is 2.26. The Morgan fingerprint density at radius 1 is 1.37 bits per heavy atom. The van der Waals surface area contributed by atoms with E-state index >= 15 is 0 Å². The highest BCUT2D eigenvalue weighted by atomic mass is 79.9. The van der Waals surface area contributed by atoms with Crippen LogP contribution < -0.4 is 10.5 Å². The topological polar surface area (TPSA) is 80.7 Å². The molecule has 0 bridgehead atoms. The Labute approximate surface area is 116 Å². The lowest BCUT2D eigenvalue weighted by molar-refractivity contribution is 0.318. The molecule has 2 aromatic rings. The Morgan fingerprint density at radius 3 is 2.84 bits per heavy atom. The Kier molecular flexibility index (Phi) is 3.96. The SMILES string of the molecule is N/C(=N/O)c1ccnc(Oc2ccc(F)c(Br)c2)c1. The number of rotatable bonds is 3. The monoisotopic (exact) mass is 325 g/mol. The van der Waals surface area contributed by atoms with Crippen molar-refractivity contribution in [1.29, 1.82) is 0 Å². The quantitative estimate of drug-likeness (QED) is 0.393. The van der Waals surface area contributed by atoms with Gasteiger partial charge in [-0.2, -0.15) is 0 Å². The zero-order valence-electron chi connectivity index (χ0n) is 9.55. The van der Waals surface area contributed by atoms with Crippen LogP contribution >= 0.6 is 15.9 Å². The molecule has 1 heterocycles. The van der Waals surface area contributed by atoms with E-state index in [0.29, 0.717) is 11.3 Å². The fraction of sp³-hybridized carbons (Fsp3) is 0. The second kappa shape index (κ2) is 5.66. The van der Waals surface area contributed by atoms with Gasteiger partial charge in [0.25, 0.3) is 0 Å². The summed E-state index contributed by atoms with van der Waals surface area (Å²) in [6, 6.07) is 7.30. The molecule has 0 unspecified atom stereocenters. The van der Waals surface area contributed by atoms with E-state index in [1.807, 2.05) is 0 Å². The maximum Gasteiger partial charge on any atom is 0.219 e. The van der Waals surface area contributed by atoms with Crippen LogP contribution in [0.25, 0.3) is 0 Å². The predicted octanol–water partition coefficient (Wildman–Crippen LogP) is 2.87. The number of nitrogens with two attached hydrogens (primary N) is 1. The molecule has 0 fully saturated rings. The molecule has 0 saturated carbocycles. The van der Waals surface area contributed by atoms with Crippen molar-refractivity contribution in [3.63, 3.8) is 0 Å². The van der Waals surface area contributed by atoms with E-state index in [9.17, 15) is 4.39 Å². The molecule has 98 valence electrons. The van der Waals surface area contributed by atoms with E-state index in [0.717, 1.165) is 0 Å². The molecule has 1 aromatic heterocycles. The number of nitrogens with zero attached hydrogens (tertiary/aromatic N) is 2. The number of oxime groups is 1. The number of hydrogen-bond acceptors (Lipinski definition) is 4. The van der Waals surface area contributed by atoms with Gasteiger partial charge < -0.3 is 15.7 Å². The molecule has 0 aliphatic carbocycles. The first-order valence-electron chi connectivity index (χ1n) is 5.17. The predicted molar refractivity (Wildman–Crippen MR) is 70.9 cm³/mol. The van der Waals surface area contributed by atoms with Crippen LogP contribution in [-0.2, 0) is 0 Å². The maximum atomic E-state index is 13.1. The summed E-state index contributed by atoms with van der Waals surface area (Å²) < 4.78 is 18.8. The second-order valence-corrected chi connectivity index (χ2v) is 4.40. The molecule has 0 atom stereocenters. The number of amidine groups is 1. The van der Waals surface area contributed by atoms with Gasteiger partial charge in [-0.1, -0.05) is 5.16 Å². The molecule has 2 rings (SSSR count). The standard InChI is InChI=1S/C12H9BrFN3O2/c13-9-6-8(1-2-10(9)14)19-11-5-7(3-4-16-11)12(15)17-18/h1-6,18H,(H2,15,17). The van der Waals surface area contributed by atoms with Gasteiger partial charge in [-0.3, -0.25) is 0 Å². The van der Waals surface area contributed by atoms with Crippen molar-refractivity contribution < 1.29 is 14.3 Å². The zero-order chi connectivity index (χ0) is 13.8. The number of benzene rings is 1. The van der Waals surface area contributed by atoms with E-state index in [1.54, 1.807) is 6.07 Å². The molecular formula is C12H9BrFN3O2. The van der Waals surface area contributed by atoms with Crippen molar-refractivity contribution >= 4 is 21.8 Å². The summed E-state index contributed by atoms with van der Waals surface area (Å²) in [6.07, 6.45) is 1.46. The van der Waals surface area contributed by atoms with Crippen LogP contribution in [0.4, 0.5) is 4.39 Å². The summed E-state index contributed by atoms with van der Waals surface area (Å²) in [6.45, 7) is 0. The summed E-state index contributed by atoms with van der Waals surface area (Å²) in [7, 11) is 0. The van der Waals surface area contributed by atoms with Crippen molar-refractivity contribution in [2.24, 2.45) is 10.9 Å². The van der Waals surface area contributed by atoms with Gasteiger partial charge in [-0.15, -0.1) is 0 Å². The van der Waals surface area contributed by atoms with Gasteiger partial charge in [-0.25, -0.2) is 9.37 Å². The molecule has 3 N–H and O–H groups in total. The van der Waals surface area contributed by atoms with E-state index < -0.39 is 0 Å². The Morgan fingerprint density at radius 2 is 2.16 bits per heavy atom. The van der Waals surface area contributed by atoms with Crippen molar-refractivity contribution in [2.75, 3.05) is 0 Å². The highest BCUT2D eigenvalue weighted by Crippen LogP contribution is 2.25. The average molecular weight is 326 g/mol. The van der Waals surface area contributed by atoms with Crippen LogP contribution in [0, 0.1) is 5.82 Å². The van der Waals surface area contributed by atoms with Crippen molar-refractivity contribution in [3.8, 4) is 11.6 Å².